The van der Waals surface area contributed by atoms with E-state index in [2.05, 4.69) is 15.0 Å². The van der Waals surface area contributed by atoms with E-state index in [1.165, 1.54) is 36.4 Å². The van der Waals surface area contributed by atoms with Gasteiger partial charge >= 0.3 is 6.36 Å². The summed E-state index contributed by atoms with van der Waals surface area (Å²) in [6.45, 7) is 4.58. The van der Waals surface area contributed by atoms with Crippen LogP contribution in [0.1, 0.15) is 35.6 Å². The standard InChI is InChI=1S/C29H27ClF5N5O2/c1-3-24-27(40-16-19(30)4-9-25(40)37-24)28(41)36-14-18-12-22(31)26(23(32)13-18)38-10-11-39(17(2)15-38)20-5-7-21(8-6-20)42-29(33,34)35/h4-9,12-13,16-17H,3,10-11,14-15H2,1-2H3,(H,36,41)/t17-/m0/s1. The van der Waals surface area contributed by atoms with E-state index in [9.17, 15) is 18.0 Å². The molecule has 4 aromatic rings. The lowest BCUT2D eigenvalue weighted by Gasteiger charge is -2.42. The van der Waals surface area contributed by atoms with Crippen molar-refractivity contribution in [2.24, 2.45) is 0 Å². The molecule has 3 heterocycles. The first-order chi connectivity index (χ1) is 19.9. The van der Waals surface area contributed by atoms with Crippen molar-refractivity contribution < 1.29 is 31.5 Å². The van der Waals surface area contributed by atoms with Crippen LogP contribution in [-0.2, 0) is 13.0 Å². The Hall–Kier alpha value is -4.06. The molecule has 0 radical (unpaired) electrons. The Morgan fingerprint density at radius 3 is 2.40 bits per heavy atom. The molecule has 0 spiro atoms. The lowest BCUT2D eigenvalue weighted by molar-refractivity contribution is -0.274. The molecule has 2 aromatic heterocycles. The van der Waals surface area contributed by atoms with E-state index in [-0.39, 0.29) is 42.7 Å². The van der Waals surface area contributed by atoms with E-state index < -0.39 is 23.9 Å². The number of piperazine rings is 1. The number of aromatic nitrogens is 2. The van der Waals surface area contributed by atoms with Crippen LogP contribution in [0.25, 0.3) is 5.65 Å². The third kappa shape index (κ3) is 6.23. The highest BCUT2D eigenvalue weighted by Crippen LogP contribution is 2.31. The van der Waals surface area contributed by atoms with E-state index in [4.69, 9.17) is 11.6 Å². The molecule has 222 valence electrons. The predicted octanol–water partition coefficient (Wildman–Crippen LogP) is 6.37. The Morgan fingerprint density at radius 1 is 1.10 bits per heavy atom. The summed E-state index contributed by atoms with van der Waals surface area (Å²) in [5.74, 6) is -2.30. The second-order valence-electron chi connectivity index (χ2n) is 9.96. The first-order valence-electron chi connectivity index (χ1n) is 13.2. The fourth-order valence-electron chi connectivity index (χ4n) is 5.23. The average Bonchev–Trinajstić information content (AvgIpc) is 3.29. The van der Waals surface area contributed by atoms with Crippen molar-refractivity contribution in [1.29, 1.82) is 0 Å². The molecule has 5 rings (SSSR count). The number of carbonyl (C=O) groups excluding carboxylic acids is 1. The molecule has 1 N–H and O–H groups in total. The van der Waals surface area contributed by atoms with Crippen molar-refractivity contribution in [1.82, 2.24) is 14.7 Å². The topological polar surface area (TPSA) is 62.1 Å². The molecular weight excluding hydrogens is 581 g/mol. The van der Waals surface area contributed by atoms with Gasteiger partial charge in [-0.1, -0.05) is 18.5 Å². The van der Waals surface area contributed by atoms with Crippen molar-refractivity contribution >= 4 is 34.5 Å². The molecule has 0 bridgehead atoms. The summed E-state index contributed by atoms with van der Waals surface area (Å²) in [5, 5.41) is 3.15. The van der Waals surface area contributed by atoms with Crippen molar-refractivity contribution in [2.75, 3.05) is 29.4 Å². The van der Waals surface area contributed by atoms with Gasteiger partial charge in [0.15, 0.2) is 0 Å². The lowest BCUT2D eigenvalue weighted by atomic mass is 10.1. The third-order valence-corrected chi connectivity index (χ3v) is 7.30. The first kappa shape index (κ1) is 29.4. The Labute approximate surface area is 243 Å². The number of pyridine rings is 1. The lowest BCUT2D eigenvalue weighted by Crippen LogP contribution is -2.52. The summed E-state index contributed by atoms with van der Waals surface area (Å²) < 4.78 is 73.4. The minimum Gasteiger partial charge on any atom is -0.406 e. The van der Waals surface area contributed by atoms with Gasteiger partial charge in [-0.05, 0) is 67.4 Å². The van der Waals surface area contributed by atoms with Gasteiger partial charge in [0.05, 0.1) is 10.7 Å². The zero-order valence-corrected chi connectivity index (χ0v) is 23.4. The molecule has 1 aliphatic heterocycles. The molecule has 42 heavy (non-hydrogen) atoms. The SMILES string of the molecule is CCc1nc2ccc(Cl)cn2c1C(=O)NCc1cc(F)c(N2CCN(c3ccc(OC(F)(F)F)cc3)[C@@H](C)C2)c(F)c1. The number of imidazole rings is 1. The van der Waals surface area contributed by atoms with Gasteiger partial charge in [0, 0.05) is 44.1 Å². The third-order valence-electron chi connectivity index (χ3n) is 7.08. The zero-order chi connectivity index (χ0) is 30.2. The summed E-state index contributed by atoms with van der Waals surface area (Å²) in [5.41, 5.74) is 2.19. The Kier molecular flexibility index (Phi) is 8.18. The molecule has 1 amide bonds. The zero-order valence-electron chi connectivity index (χ0n) is 22.7. The molecule has 1 atom stereocenters. The van der Waals surface area contributed by atoms with Crippen LogP contribution in [0.2, 0.25) is 5.02 Å². The average molecular weight is 608 g/mol. The minimum absolute atomic E-state index is 0.109. The Balaban J connectivity index is 1.25. The number of nitrogens with one attached hydrogen (secondary N) is 1. The number of carbonyl (C=O) groups is 1. The first-order valence-corrected chi connectivity index (χ1v) is 13.6. The number of aryl methyl sites for hydroxylation is 1. The molecule has 13 heteroatoms. The van der Waals surface area contributed by atoms with E-state index >= 15 is 8.78 Å². The number of benzene rings is 2. The summed E-state index contributed by atoms with van der Waals surface area (Å²) in [4.78, 5) is 21.1. The fraction of sp³-hybridized carbons (Fsp3) is 0.310. The maximum absolute atomic E-state index is 15.2. The summed E-state index contributed by atoms with van der Waals surface area (Å²) >= 11 is 6.10. The van der Waals surface area contributed by atoms with Crippen molar-refractivity contribution in [3.8, 4) is 5.75 Å². The second kappa shape index (κ2) is 11.7. The van der Waals surface area contributed by atoms with Gasteiger partial charge in [-0.25, -0.2) is 13.8 Å². The van der Waals surface area contributed by atoms with Crippen LogP contribution in [0, 0.1) is 11.6 Å². The molecule has 0 saturated carbocycles. The van der Waals surface area contributed by atoms with Crippen LogP contribution in [-0.4, -0.2) is 47.3 Å². The minimum atomic E-state index is -4.78. The van der Waals surface area contributed by atoms with Gasteiger partial charge in [-0.3, -0.25) is 9.20 Å². The Bertz CT molecular complexity index is 1590. The van der Waals surface area contributed by atoms with Crippen molar-refractivity contribution in [2.45, 2.75) is 39.2 Å². The molecular formula is C29H27ClF5N5O2. The van der Waals surface area contributed by atoms with Crippen LogP contribution in [0.4, 0.5) is 33.3 Å². The van der Waals surface area contributed by atoms with E-state index in [1.54, 1.807) is 27.6 Å². The molecule has 7 nitrogen and oxygen atoms in total. The van der Waals surface area contributed by atoms with Crippen LogP contribution in [0.15, 0.2) is 54.7 Å². The van der Waals surface area contributed by atoms with E-state index in [0.717, 1.165) is 0 Å². The van der Waals surface area contributed by atoms with Crippen LogP contribution in [0.5, 0.6) is 5.75 Å². The van der Waals surface area contributed by atoms with Gasteiger partial charge in [-0.15, -0.1) is 13.2 Å². The van der Waals surface area contributed by atoms with Gasteiger partial charge in [-0.2, -0.15) is 0 Å². The summed E-state index contributed by atoms with van der Waals surface area (Å²) in [6, 6.07) is 11.1. The highest BCUT2D eigenvalue weighted by atomic mass is 35.5. The number of hydrogen-bond acceptors (Lipinski definition) is 5. The smallest absolute Gasteiger partial charge is 0.406 e. The molecule has 1 saturated heterocycles. The molecule has 1 aliphatic rings. The number of fused-ring (bicyclic) bond motifs is 1. The number of rotatable bonds is 7. The molecule has 0 aliphatic carbocycles. The number of nitrogens with zero attached hydrogens (tertiary/aromatic N) is 4. The summed E-state index contributed by atoms with van der Waals surface area (Å²) in [7, 11) is 0. The van der Waals surface area contributed by atoms with Crippen molar-refractivity contribution in [3.05, 3.63) is 88.3 Å². The quantitative estimate of drug-likeness (QED) is 0.247. The maximum Gasteiger partial charge on any atom is 0.573 e. The Morgan fingerprint density at radius 2 is 1.79 bits per heavy atom. The fourth-order valence-corrected chi connectivity index (χ4v) is 5.39. The predicted molar refractivity (Wildman–Crippen MR) is 149 cm³/mol. The number of ether oxygens (including phenoxy) is 1. The normalized spacial score (nSPS) is 15.8. The number of anilines is 2. The van der Waals surface area contributed by atoms with Crippen LogP contribution >= 0.6 is 11.6 Å². The number of hydrogen-bond donors (Lipinski definition) is 1. The largest absolute Gasteiger partial charge is 0.573 e. The monoisotopic (exact) mass is 607 g/mol. The van der Waals surface area contributed by atoms with Crippen LogP contribution < -0.4 is 19.9 Å². The maximum atomic E-state index is 15.2. The number of amides is 1. The van der Waals surface area contributed by atoms with Gasteiger partial charge in [0.25, 0.3) is 5.91 Å². The highest BCUT2D eigenvalue weighted by molar-refractivity contribution is 6.30. The van der Waals surface area contributed by atoms with Gasteiger partial charge < -0.3 is 19.9 Å². The molecule has 2 aromatic carbocycles. The molecule has 0 unspecified atom stereocenters. The summed E-state index contributed by atoms with van der Waals surface area (Å²) in [6.07, 6.45) is -2.69. The number of alkyl halides is 3. The van der Waals surface area contributed by atoms with Crippen LogP contribution in [0.3, 0.4) is 0 Å². The van der Waals surface area contributed by atoms with Gasteiger partial charge in [0.1, 0.15) is 34.4 Å². The highest BCUT2D eigenvalue weighted by Gasteiger charge is 2.32. The van der Waals surface area contributed by atoms with E-state index in [0.29, 0.717) is 40.7 Å². The number of halogens is 6. The van der Waals surface area contributed by atoms with E-state index in [1.807, 2.05) is 18.7 Å². The second-order valence-corrected chi connectivity index (χ2v) is 10.4. The van der Waals surface area contributed by atoms with Gasteiger partial charge in [0.2, 0.25) is 0 Å². The molecule has 1 fully saturated rings. The van der Waals surface area contributed by atoms with Crippen molar-refractivity contribution in [3.63, 3.8) is 0 Å².